The fourth-order valence-corrected chi connectivity index (χ4v) is 5.76. The Bertz CT molecular complexity index is 782. The molecule has 33 heavy (non-hydrogen) atoms. The van der Waals surface area contributed by atoms with E-state index in [0.717, 1.165) is 50.9 Å². The number of halogens is 3. The lowest BCUT2D eigenvalue weighted by molar-refractivity contribution is -0.154. The Labute approximate surface area is 193 Å². The van der Waals surface area contributed by atoms with Crippen LogP contribution in [-0.2, 0) is 6.54 Å². The van der Waals surface area contributed by atoms with Gasteiger partial charge >= 0.3 is 6.18 Å². The normalized spacial score (nSPS) is 27.2. The quantitative estimate of drug-likeness (QED) is 0.610. The number of piperazine rings is 1. The standard InChI is InChI=1S/C23H36F3N5O2/c1-16(19-12-17-3-2-4-18(11-17)13-19)29-21(32)20-14-28-31(22(20)33-15-23(24,25)26)10-9-30-7-5-27-6-8-30/h14,16-19,27H,2-13,15H2,1H3,(H,29,32). The third kappa shape index (κ3) is 6.62. The molecule has 0 spiro atoms. The summed E-state index contributed by atoms with van der Waals surface area (Å²) < 4.78 is 45.1. The third-order valence-electron chi connectivity index (χ3n) is 7.48. The number of amides is 1. The second-order valence-corrected chi connectivity index (χ2v) is 9.97. The average Bonchev–Trinajstić information content (AvgIpc) is 3.19. The van der Waals surface area contributed by atoms with E-state index in [2.05, 4.69) is 20.6 Å². The Morgan fingerprint density at radius 1 is 1.21 bits per heavy atom. The molecule has 2 heterocycles. The predicted octanol–water partition coefficient (Wildman–Crippen LogP) is 3.06. The van der Waals surface area contributed by atoms with Gasteiger partial charge < -0.3 is 15.4 Å². The van der Waals surface area contributed by atoms with Crippen LogP contribution in [0.1, 0.15) is 55.8 Å². The van der Waals surface area contributed by atoms with Gasteiger partial charge in [-0.05, 0) is 43.9 Å². The van der Waals surface area contributed by atoms with Gasteiger partial charge in [0, 0.05) is 38.8 Å². The van der Waals surface area contributed by atoms with Gasteiger partial charge in [-0.25, -0.2) is 4.68 Å². The maximum atomic E-state index is 13.1. The van der Waals surface area contributed by atoms with E-state index in [1.54, 1.807) is 0 Å². The summed E-state index contributed by atoms with van der Waals surface area (Å²) in [5.74, 6) is 1.36. The van der Waals surface area contributed by atoms with Crippen LogP contribution in [0.15, 0.2) is 6.20 Å². The summed E-state index contributed by atoms with van der Waals surface area (Å²) in [6, 6.07) is -0.0411. The minimum Gasteiger partial charge on any atom is -0.468 e. The Balaban J connectivity index is 1.41. The van der Waals surface area contributed by atoms with Crippen molar-refractivity contribution in [3.8, 4) is 5.88 Å². The van der Waals surface area contributed by atoms with Gasteiger partial charge in [0.2, 0.25) is 5.88 Å². The number of aromatic nitrogens is 2. The highest BCUT2D eigenvalue weighted by molar-refractivity contribution is 5.96. The second-order valence-electron chi connectivity index (χ2n) is 9.97. The first-order valence-corrected chi connectivity index (χ1v) is 12.3. The van der Waals surface area contributed by atoms with Gasteiger partial charge in [0.25, 0.3) is 5.91 Å². The Morgan fingerprint density at radius 2 is 1.91 bits per heavy atom. The topological polar surface area (TPSA) is 71.4 Å². The van der Waals surface area contributed by atoms with Crippen LogP contribution in [0.5, 0.6) is 5.88 Å². The van der Waals surface area contributed by atoms with E-state index in [-0.39, 0.29) is 17.5 Å². The first-order chi connectivity index (χ1) is 15.8. The number of fused-ring (bicyclic) bond motifs is 2. The molecule has 3 atom stereocenters. The van der Waals surface area contributed by atoms with Gasteiger partial charge in [-0.2, -0.15) is 18.3 Å². The fourth-order valence-electron chi connectivity index (χ4n) is 5.76. The number of rotatable bonds is 8. The van der Waals surface area contributed by atoms with E-state index in [1.165, 1.54) is 36.6 Å². The van der Waals surface area contributed by atoms with Crippen molar-refractivity contribution < 1.29 is 22.7 Å². The number of nitrogens with one attached hydrogen (secondary N) is 2. The van der Waals surface area contributed by atoms with Crippen molar-refractivity contribution in [1.82, 2.24) is 25.3 Å². The van der Waals surface area contributed by atoms with Crippen LogP contribution in [0.2, 0.25) is 0 Å². The summed E-state index contributed by atoms with van der Waals surface area (Å²) in [5, 5.41) is 10.5. The number of nitrogens with zero attached hydrogens (tertiary/aromatic N) is 3. The Morgan fingerprint density at radius 3 is 2.58 bits per heavy atom. The van der Waals surface area contributed by atoms with Crippen LogP contribution >= 0.6 is 0 Å². The van der Waals surface area contributed by atoms with Crippen molar-refractivity contribution >= 4 is 5.91 Å². The summed E-state index contributed by atoms with van der Waals surface area (Å²) >= 11 is 0. The number of hydrogen-bond acceptors (Lipinski definition) is 5. The minimum atomic E-state index is -4.49. The number of ether oxygens (including phenoxy) is 1. The van der Waals surface area contributed by atoms with Crippen molar-refractivity contribution in [3.05, 3.63) is 11.8 Å². The molecular weight excluding hydrogens is 435 g/mol. The van der Waals surface area contributed by atoms with Crippen molar-refractivity contribution in [1.29, 1.82) is 0 Å². The van der Waals surface area contributed by atoms with Crippen LogP contribution in [0.25, 0.3) is 0 Å². The maximum Gasteiger partial charge on any atom is 0.422 e. The summed E-state index contributed by atoms with van der Waals surface area (Å²) in [6.07, 6.45) is 4.20. The van der Waals surface area contributed by atoms with Crippen LogP contribution in [-0.4, -0.2) is 72.1 Å². The number of carbonyl (C=O) groups excluding carboxylic acids is 1. The molecule has 1 saturated heterocycles. The van der Waals surface area contributed by atoms with Crippen LogP contribution in [0.3, 0.4) is 0 Å². The fraction of sp³-hybridized carbons (Fsp3) is 0.826. The SMILES string of the molecule is CC(NC(=O)c1cnn(CCN2CCNCC2)c1OCC(F)(F)F)C1CC2CCCC(C2)C1. The number of alkyl halides is 3. The number of carbonyl (C=O) groups is 1. The predicted molar refractivity (Wildman–Crippen MR) is 118 cm³/mol. The molecule has 10 heteroatoms. The van der Waals surface area contributed by atoms with Gasteiger partial charge in [0.05, 0.1) is 12.7 Å². The van der Waals surface area contributed by atoms with E-state index < -0.39 is 18.7 Å². The molecule has 1 aromatic heterocycles. The molecule has 2 aliphatic carbocycles. The molecule has 1 aliphatic heterocycles. The van der Waals surface area contributed by atoms with Gasteiger partial charge in [-0.15, -0.1) is 0 Å². The summed E-state index contributed by atoms with van der Waals surface area (Å²) in [5.41, 5.74) is 0.0717. The molecule has 2 bridgehead atoms. The molecule has 0 radical (unpaired) electrons. The Hall–Kier alpha value is -1.81. The highest BCUT2D eigenvalue weighted by Crippen LogP contribution is 2.43. The first kappa shape index (κ1) is 24.3. The second kappa shape index (κ2) is 10.6. The third-order valence-corrected chi connectivity index (χ3v) is 7.48. The highest BCUT2D eigenvalue weighted by atomic mass is 19.4. The Kier molecular flexibility index (Phi) is 7.83. The van der Waals surface area contributed by atoms with Crippen molar-refractivity contribution in [2.24, 2.45) is 17.8 Å². The minimum absolute atomic E-state index is 0.0411. The largest absolute Gasteiger partial charge is 0.468 e. The smallest absolute Gasteiger partial charge is 0.422 e. The van der Waals surface area contributed by atoms with Gasteiger partial charge in [0.1, 0.15) is 5.56 Å². The van der Waals surface area contributed by atoms with E-state index in [1.807, 2.05) is 6.92 Å². The molecule has 4 rings (SSSR count). The van der Waals surface area contributed by atoms with Crippen LogP contribution < -0.4 is 15.4 Å². The molecule has 1 amide bonds. The lowest BCUT2D eigenvalue weighted by atomic mass is 9.66. The molecule has 0 aromatic carbocycles. The lowest BCUT2D eigenvalue weighted by Gasteiger charge is -2.41. The van der Waals surface area contributed by atoms with E-state index in [0.29, 0.717) is 19.0 Å². The summed E-state index contributed by atoms with van der Waals surface area (Å²) in [7, 11) is 0. The van der Waals surface area contributed by atoms with E-state index in [9.17, 15) is 18.0 Å². The van der Waals surface area contributed by atoms with Gasteiger partial charge in [0.15, 0.2) is 6.61 Å². The zero-order valence-electron chi connectivity index (χ0n) is 19.4. The molecule has 3 aliphatic rings. The molecule has 1 aromatic rings. The summed E-state index contributed by atoms with van der Waals surface area (Å²) in [6.45, 7) is 5.05. The van der Waals surface area contributed by atoms with E-state index >= 15 is 0 Å². The first-order valence-electron chi connectivity index (χ1n) is 12.3. The van der Waals surface area contributed by atoms with Crippen molar-refractivity contribution in [2.45, 2.75) is 64.2 Å². The monoisotopic (exact) mass is 471 g/mol. The average molecular weight is 472 g/mol. The zero-order chi connectivity index (χ0) is 23.4. The van der Waals surface area contributed by atoms with Gasteiger partial charge in [-0.3, -0.25) is 9.69 Å². The van der Waals surface area contributed by atoms with Crippen molar-refractivity contribution in [2.75, 3.05) is 39.3 Å². The molecule has 3 fully saturated rings. The molecular formula is C23H36F3N5O2. The molecule has 3 unspecified atom stereocenters. The summed E-state index contributed by atoms with van der Waals surface area (Å²) in [4.78, 5) is 15.3. The maximum absolute atomic E-state index is 13.1. The lowest BCUT2D eigenvalue weighted by Crippen LogP contribution is -2.44. The molecule has 2 N–H and O–H groups in total. The van der Waals surface area contributed by atoms with Crippen LogP contribution in [0.4, 0.5) is 13.2 Å². The van der Waals surface area contributed by atoms with E-state index in [4.69, 9.17) is 4.74 Å². The van der Waals surface area contributed by atoms with Crippen molar-refractivity contribution in [3.63, 3.8) is 0 Å². The number of hydrogen-bond donors (Lipinski definition) is 2. The van der Waals surface area contributed by atoms with Crippen LogP contribution in [0, 0.1) is 17.8 Å². The molecule has 186 valence electrons. The molecule has 2 saturated carbocycles. The zero-order valence-corrected chi connectivity index (χ0v) is 19.4. The van der Waals surface area contributed by atoms with Gasteiger partial charge in [-0.1, -0.05) is 19.3 Å². The molecule has 7 nitrogen and oxygen atoms in total. The highest BCUT2D eigenvalue weighted by Gasteiger charge is 2.35.